The van der Waals surface area contributed by atoms with Gasteiger partial charge in [0.05, 0.1) is 11.4 Å². The Morgan fingerprint density at radius 1 is 1.26 bits per heavy atom. The summed E-state index contributed by atoms with van der Waals surface area (Å²) < 4.78 is 26.1. The van der Waals surface area contributed by atoms with Gasteiger partial charge < -0.3 is 5.32 Å². The van der Waals surface area contributed by atoms with E-state index in [0.29, 0.717) is 12.1 Å². The largest absolute Gasteiger partial charge is 0.355 e. The second kappa shape index (κ2) is 6.68. The Hall–Kier alpha value is -1.40. The second-order valence-electron chi connectivity index (χ2n) is 4.15. The SMILES string of the molecule is CCNC(=O)CN(CC)S(=O)(=O)c1ccccc1C. The highest BCUT2D eigenvalue weighted by Crippen LogP contribution is 2.18. The van der Waals surface area contributed by atoms with Crippen LogP contribution in [0.2, 0.25) is 0 Å². The maximum Gasteiger partial charge on any atom is 0.243 e. The number of carbonyl (C=O) groups excluding carboxylic acids is 1. The van der Waals surface area contributed by atoms with E-state index < -0.39 is 10.0 Å². The summed E-state index contributed by atoms with van der Waals surface area (Å²) in [5.74, 6) is -0.290. The van der Waals surface area contributed by atoms with Gasteiger partial charge in [0.2, 0.25) is 15.9 Å². The quantitative estimate of drug-likeness (QED) is 0.852. The molecule has 0 aliphatic carbocycles. The zero-order chi connectivity index (χ0) is 14.5. The van der Waals surface area contributed by atoms with Crippen molar-refractivity contribution in [1.82, 2.24) is 9.62 Å². The van der Waals surface area contributed by atoms with Gasteiger partial charge in [0.25, 0.3) is 0 Å². The third-order valence-electron chi connectivity index (χ3n) is 2.76. The molecule has 1 amide bonds. The smallest absolute Gasteiger partial charge is 0.243 e. The minimum atomic E-state index is -3.62. The van der Waals surface area contributed by atoms with Crippen LogP contribution in [-0.4, -0.2) is 38.3 Å². The van der Waals surface area contributed by atoms with Crippen LogP contribution in [0.1, 0.15) is 19.4 Å². The van der Waals surface area contributed by atoms with Crippen LogP contribution < -0.4 is 5.32 Å². The summed E-state index contributed by atoms with van der Waals surface area (Å²) in [5, 5.41) is 2.60. The maximum atomic E-state index is 12.5. The summed E-state index contributed by atoms with van der Waals surface area (Å²) in [6, 6.07) is 6.77. The first kappa shape index (κ1) is 15.7. The first-order valence-corrected chi connectivity index (χ1v) is 7.70. The van der Waals surface area contributed by atoms with Crippen LogP contribution in [0.5, 0.6) is 0 Å². The van der Waals surface area contributed by atoms with Crippen LogP contribution in [0.4, 0.5) is 0 Å². The summed E-state index contributed by atoms with van der Waals surface area (Å²) in [6.45, 7) is 5.85. The molecule has 0 atom stereocenters. The topological polar surface area (TPSA) is 66.5 Å². The molecular weight excluding hydrogens is 264 g/mol. The highest BCUT2D eigenvalue weighted by Gasteiger charge is 2.26. The average Bonchev–Trinajstić information content (AvgIpc) is 2.36. The van der Waals surface area contributed by atoms with Crippen molar-refractivity contribution in [2.75, 3.05) is 19.6 Å². The Labute approximate surface area is 114 Å². The number of nitrogens with zero attached hydrogens (tertiary/aromatic N) is 1. The van der Waals surface area contributed by atoms with Gasteiger partial charge in [-0.2, -0.15) is 4.31 Å². The molecule has 0 fully saturated rings. The number of benzene rings is 1. The number of hydrogen-bond acceptors (Lipinski definition) is 3. The van der Waals surface area contributed by atoms with E-state index in [1.54, 1.807) is 45.0 Å². The van der Waals surface area contributed by atoms with E-state index in [2.05, 4.69) is 5.32 Å². The molecule has 0 radical (unpaired) electrons. The van der Waals surface area contributed by atoms with Crippen molar-refractivity contribution in [3.63, 3.8) is 0 Å². The molecule has 6 heteroatoms. The van der Waals surface area contributed by atoms with Gasteiger partial charge in [-0.15, -0.1) is 0 Å². The normalized spacial score (nSPS) is 11.6. The number of likely N-dealkylation sites (N-methyl/N-ethyl adjacent to an activating group) is 2. The third kappa shape index (κ3) is 3.78. The van der Waals surface area contributed by atoms with Gasteiger partial charge in [-0.1, -0.05) is 25.1 Å². The van der Waals surface area contributed by atoms with E-state index in [1.165, 1.54) is 4.31 Å². The Bertz CT molecular complexity index is 541. The number of rotatable bonds is 6. The minimum absolute atomic E-state index is 0.152. The molecule has 5 nitrogen and oxygen atoms in total. The van der Waals surface area contributed by atoms with Gasteiger partial charge >= 0.3 is 0 Å². The summed E-state index contributed by atoms with van der Waals surface area (Å²) in [7, 11) is -3.62. The van der Waals surface area contributed by atoms with Crippen molar-refractivity contribution in [1.29, 1.82) is 0 Å². The lowest BCUT2D eigenvalue weighted by atomic mass is 10.2. The Morgan fingerprint density at radius 3 is 2.42 bits per heavy atom. The molecule has 1 rings (SSSR count). The highest BCUT2D eigenvalue weighted by molar-refractivity contribution is 7.89. The molecule has 0 saturated carbocycles. The Balaban J connectivity index is 3.03. The van der Waals surface area contributed by atoms with Crippen LogP contribution in [0.15, 0.2) is 29.2 Å². The molecule has 1 aromatic carbocycles. The van der Waals surface area contributed by atoms with Gasteiger partial charge in [0.1, 0.15) is 0 Å². The second-order valence-corrected chi connectivity index (χ2v) is 6.06. The lowest BCUT2D eigenvalue weighted by Crippen LogP contribution is -2.40. The fourth-order valence-corrected chi connectivity index (χ4v) is 3.40. The molecule has 1 aromatic rings. The van der Waals surface area contributed by atoms with Gasteiger partial charge in [0.15, 0.2) is 0 Å². The van der Waals surface area contributed by atoms with Crippen molar-refractivity contribution in [3.8, 4) is 0 Å². The van der Waals surface area contributed by atoms with Crippen LogP contribution >= 0.6 is 0 Å². The summed E-state index contributed by atoms with van der Waals surface area (Å²) in [5.41, 5.74) is 0.678. The zero-order valence-electron chi connectivity index (χ0n) is 11.5. The maximum absolute atomic E-state index is 12.5. The van der Waals surface area contributed by atoms with E-state index >= 15 is 0 Å². The lowest BCUT2D eigenvalue weighted by molar-refractivity contribution is -0.121. The average molecular weight is 284 g/mol. The lowest BCUT2D eigenvalue weighted by Gasteiger charge is -2.20. The van der Waals surface area contributed by atoms with Crippen molar-refractivity contribution < 1.29 is 13.2 Å². The van der Waals surface area contributed by atoms with E-state index in [0.717, 1.165) is 0 Å². The molecule has 1 N–H and O–H groups in total. The molecule has 0 unspecified atom stereocenters. The first-order valence-electron chi connectivity index (χ1n) is 6.26. The fraction of sp³-hybridized carbons (Fsp3) is 0.462. The predicted octanol–water partition coefficient (Wildman–Crippen LogP) is 1.14. The van der Waals surface area contributed by atoms with Gasteiger partial charge in [-0.05, 0) is 25.5 Å². The predicted molar refractivity (Wildman–Crippen MR) is 74.3 cm³/mol. The number of aryl methyl sites for hydroxylation is 1. The van der Waals surface area contributed by atoms with Gasteiger partial charge in [-0.25, -0.2) is 8.42 Å². The number of amides is 1. The van der Waals surface area contributed by atoms with Crippen molar-refractivity contribution in [2.24, 2.45) is 0 Å². The fourth-order valence-electron chi connectivity index (χ4n) is 1.76. The molecular formula is C13H20N2O3S. The van der Waals surface area contributed by atoms with Crippen LogP contribution in [-0.2, 0) is 14.8 Å². The molecule has 0 aliphatic rings. The van der Waals surface area contributed by atoms with Crippen LogP contribution in [0.3, 0.4) is 0 Å². The summed E-state index contributed by atoms with van der Waals surface area (Å²) in [6.07, 6.45) is 0. The minimum Gasteiger partial charge on any atom is -0.355 e. The molecule has 0 aromatic heterocycles. The van der Waals surface area contributed by atoms with E-state index in [-0.39, 0.29) is 23.9 Å². The van der Waals surface area contributed by atoms with E-state index in [9.17, 15) is 13.2 Å². The molecule has 19 heavy (non-hydrogen) atoms. The number of hydrogen-bond donors (Lipinski definition) is 1. The number of nitrogens with one attached hydrogen (secondary N) is 1. The van der Waals surface area contributed by atoms with Crippen LogP contribution in [0, 0.1) is 6.92 Å². The zero-order valence-corrected chi connectivity index (χ0v) is 12.3. The monoisotopic (exact) mass is 284 g/mol. The third-order valence-corrected chi connectivity index (χ3v) is 4.84. The molecule has 0 saturated heterocycles. The van der Waals surface area contributed by atoms with Crippen molar-refractivity contribution in [2.45, 2.75) is 25.7 Å². The van der Waals surface area contributed by atoms with Crippen molar-refractivity contribution in [3.05, 3.63) is 29.8 Å². The Morgan fingerprint density at radius 2 is 1.89 bits per heavy atom. The van der Waals surface area contributed by atoms with E-state index in [1.807, 2.05) is 0 Å². The summed E-state index contributed by atoms with van der Waals surface area (Å²) in [4.78, 5) is 11.8. The molecule has 0 aliphatic heterocycles. The number of carbonyl (C=O) groups is 1. The molecule has 106 valence electrons. The highest BCUT2D eigenvalue weighted by atomic mass is 32.2. The van der Waals surface area contributed by atoms with Gasteiger partial charge in [0, 0.05) is 13.1 Å². The molecule has 0 heterocycles. The molecule has 0 bridgehead atoms. The van der Waals surface area contributed by atoms with Gasteiger partial charge in [-0.3, -0.25) is 4.79 Å². The molecule has 0 spiro atoms. The number of sulfonamides is 1. The summed E-state index contributed by atoms with van der Waals surface area (Å²) >= 11 is 0. The van der Waals surface area contributed by atoms with Crippen LogP contribution in [0.25, 0.3) is 0 Å². The van der Waals surface area contributed by atoms with E-state index in [4.69, 9.17) is 0 Å². The standard InChI is InChI=1S/C13H20N2O3S/c1-4-14-13(16)10-15(5-2)19(17,18)12-9-7-6-8-11(12)3/h6-9H,4-5,10H2,1-3H3,(H,14,16). The van der Waals surface area contributed by atoms with Crippen molar-refractivity contribution >= 4 is 15.9 Å². The Kier molecular flexibility index (Phi) is 5.50. The first-order chi connectivity index (χ1) is 8.93.